The fourth-order valence-corrected chi connectivity index (χ4v) is 2.06. The van der Waals surface area contributed by atoms with Crippen LogP contribution in [-0.4, -0.2) is 35.1 Å². The monoisotopic (exact) mass is 260 g/mol. The van der Waals surface area contributed by atoms with E-state index in [0.29, 0.717) is 13.1 Å². The van der Waals surface area contributed by atoms with Crippen LogP contribution < -0.4 is 10.6 Å². The van der Waals surface area contributed by atoms with E-state index in [4.69, 9.17) is 0 Å². The first kappa shape index (κ1) is 13.5. The molecule has 0 atom stereocenters. The summed E-state index contributed by atoms with van der Waals surface area (Å²) >= 11 is 0. The number of benzene rings is 1. The Hall–Kier alpha value is -1.88. The van der Waals surface area contributed by atoms with Crippen LogP contribution >= 0.6 is 0 Å². The fraction of sp³-hybridized carbons (Fsp3) is 0.429. The van der Waals surface area contributed by atoms with E-state index in [1.807, 2.05) is 42.7 Å². The molecule has 5 nitrogen and oxygen atoms in total. The van der Waals surface area contributed by atoms with Gasteiger partial charge in [0.15, 0.2) is 0 Å². The van der Waals surface area contributed by atoms with Gasteiger partial charge < -0.3 is 15.2 Å². The molecular formula is C14H20N4O. The van der Waals surface area contributed by atoms with Crippen molar-refractivity contribution in [3.63, 3.8) is 0 Å². The maximum atomic E-state index is 11.9. The van der Waals surface area contributed by atoms with Gasteiger partial charge >= 0.3 is 0 Å². The van der Waals surface area contributed by atoms with Crippen LogP contribution in [0.15, 0.2) is 24.3 Å². The molecule has 0 aliphatic rings. The highest BCUT2D eigenvalue weighted by atomic mass is 16.1. The summed E-state index contributed by atoms with van der Waals surface area (Å²) in [4.78, 5) is 16.3. The summed E-state index contributed by atoms with van der Waals surface area (Å²) in [5.41, 5.74) is 1.93. The zero-order chi connectivity index (χ0) is 13.7. The maximum absolute atomic E-state index is 11.9. The Morgan fingerprint density at radius 2 is 2.11 bits per heavy atom. The van der Waals surface area contributed by atoms with Crippen molar-refractivity contribution in [1.29, 1.82) is 0 Å². The molecule has 0 saturated heterocycles. The van der Waals surface area contributed by atoms with Crippen molar-refractivity contribution in [2.24, 2.45) is 0 Å². The third kappa shape index (κ3) is 3.32. The van der Waals surface area contributed by atoms with Gasteiger partial charge in [-0.3, -0.25) is 4.79 Å². The van der Waals surface area contributed by atoms with Gasteiger partial charge in [-0.15, -0.1) is 0 Å². The lowest BCUT2D eigenvalue weighted by Crippen LogP contribution is -2.34. The predicted molar refractivity (Wildman–Crippen MR) is 76.0 cm³/mol. The Bertz CT molecular complexity index is 562. The Balaban J connectivity index is 2.00. The molecule has 0 aliphatic heterocycles. The van der Waals surface area contributed by atoms with Crippen molar-refractivity contribution in [3.8, 4) is 0 Å². The highest BCUT2D eigenvalue weighted by molar-refractivity contribution is 5.81. The molecule has 0 radical (unpaired) electrons. The molecule has 5 heteroatoms. The normalized spacial score (nSPS) is 10.8. The van der Waals surface area contributed by atoms with E-state index < -0.39 is 0 Å². The smallest absolute Gasteiger partial charge is 0.240 e. The first-order chi connectivity index (χ1) is 9.22. The molecule has 0 bridgehead atoms. The third-order valence-corrected chi connectivity index (χ3v) is 3.02. The Kier molecular flexibility index (Phi) is 4.52. The number of nitrogens with zero attached hydrogens (tertiary/aromatic N) is 2. The van der Waals surface area contributed by atoms with Crippen LogP contribution in [0, 0.1) is 6.92 Å². The van der Waals surface area contributed by atoms with Gasteiger partial charge in [0.05, 0.1) is 11.0 Å². The number of carbonyl (C=O) groups is 1. The Morgan fingerprint density at radius 3 is 2.89 bits per heavy atom. The molecule has 2 N–H and O–H groups in total. The van der Waals surface area contributed by atoms with Crippen LogP contribution in [0.5, 0.6) is 0 Å². The van der Waals surface area contributed by atoms with Crippen molar-refractivity contribution in [1.82, 2.24) is 20.2 Å². The van der Waals surface area contributed by atoms with Crippen LogP contribution in [0.2, 0.25) is 0 Å². The van der Waals surface area contributed by atoms with E-state index >= 15 is 0 Å². The third-order valence-electron chi connectivity index (χ3n) is 3.02. The SMILES string of the molecule is CCNCCNC(=O)Cn1c(C)nc2ccccc21. The molecule has 0 fully saturated rings. The first-order valence-electron chi connectivity index (χ1n) is 6.61. The first-order valence-corrected chi connectivity index (χ1v) is 6.61. The Morgan fingerprint density at radius 1 is 1.32 bits per heavy atom. The number of likely N-dealkylation sites (N-methyl/N-ethyl adjacent to an activating group) is 1. The molecule has 1 aromatic heterocycles. The number of fused-ring (bicyclic) bond motifs is 1. The lowest BCUT2D eigenvalue weighted by molar-refractivity contribution is -0.121. The summed E-state index contributed by atoms with van der Waals surface area (Å²) in [6.07, 6.45) is 0. The van der Waals surface area contributed by atoms with E-state index in [2.05, 4.69) is 15.6 Å². The average Bonchev–Trinajstić information content (AvgIpc) is 2.72. The standard InChI is InChI=1S/C14H20N4O/c1-3-15-8-9-16-14(19)10-18-11(2)17-12-6-4-5-7-13(12)18/h4-7,15H,3,8-10H2,1-2H3,(H,16,19). The summed E-state index contributed by atoms with van der Waals surface area (Å²) < 4.78 is 1.94. The molecule has 2 aromatic rings. The van der Waals surface area contributed by atoms with Gasteiger partial charge in [0.1, 0.15) is 12.4 Å². The zero-order valence-electron chi connectivity index (χ0n) is 11.4. The molecule has 2 rings (SSSR count). The fourth-order valence-electron chi connectivity index (χ4n) is 2.06. The number of aromatic nitrogens is 2. The van der Waals surface area contributed by atoms with Gasteiger partial charge in [-0.05, 0) is 25.6 Å². The van der Waals surface area contributed by atoms with Crippen molar-refractivity contribution < 1.29 is 4.79 Å². The van der Waals surface area contributed by atoms with E-state index in [0.717, 1.165) is 29.9 Å². The lowest BCUT2D eigenvalue weighted by atomic mass is 10.3. The number of rotatable bonds is 6. The molecule has 19 heavy (non-hydrogen) atoms. The van der Waals surface area contributed by atoms with E-state index in [1.54, 1.807) is 0 Å². The minimum Gasteiger partial charge on any atom is -0.353 e. The molecule has 1 heterocycles. The number of hydrogen-bond acceptors (Lipinski definition) is 3. The maximum Gasteiger partial charge on any atom is 0.240 e. The number of hydrogen-bond donors (Lipinski definition) is 2. The molecule has 0 spiro atoms. The second-order valence-electron chi connectivity index (χ2n) is 4.44. The molecule has 0 unspecified atom stereocenters. The molecular weight excluding hydrogens is 240 g/mol. The van der Waals surface area contributed by atoms with Crippen molar-refractivity contribution in [2.75, 3.05) is 19.6 Å². The molecule has 0 saturated carbocycles. The number of nitrogens with one attached hydrogen (secondary N) is 2. The lowest BCUT2D eigenvalue weighted by Gasteiger charge is -2.08. The quantitative estimate of drug-likeness (QED) is 0.764. The molecule has 0 aliphatic carbocycles. The number of imidazole rings is 1. The second-order valence-corrected chi connectivity index (χ2v) is 4.44. The topological polar surface area (TPSA) is 58.9 Å². The highest BCUT2D eigenvalue weighted by Crippen LogP contribution is 2.14. The number of aryl methyl sites for hydroxylation is 1. The van der Waals surface area contributed by atoms with E-state index in [1.165, 1.54) is 0 Å². The van der Waals surface area contributed by atoms with Gasteiger partial charge in [0.2, 0.25) is 5.91 Å². The van der Waals surface area contributed by atoms with Gasteiger partial charge in [0.25, 0.3) is 0 Å². The average molecular weight is 260 g/mol. The summed E-state index contributed by atoms with van der Waals surface area (Å²) in [6.45, 7) is 6.65. The van der Waals surface area contributed by atoms with Crippen LogP contribution in [0.3, 0.4) is 0 Å². The highest BCUT2D eigenvalue weighted by Gasteiger charge is 2.09. The summed E-state index contributed by atoms with van der Waals surface area (Å²) in [5, 5.41) is 6.07. The Labute approximate surface area is 113 Å². The minimum absolute atomic E-state index is 0.0177. The van der Waals surface area contributed by atoms with Crippen LogP contribution in [0.1, 0.15) is 12.7 Å². The summed E-state index contributed by atoms with van der Waals surface area (Å²) in [5.74, 6) is 0.882. The largest absolute Gasteiger partial charge is 0.353 e. The summed E-state index contributed by atoms with van der Waals surface area (Å²) in [7, 11) is 0. The van der Waals surface area contributed by atoms with E-state index in [-0.39, 0.29) is 5.91 Å². The van der Waals surface area contributed by atoms with Crippen molar-refractivity contribution in [3.05, 3.63) is 30.1 Å². The van der Waals surface area contributed by atoms with E-state index in [9.17, 15) is 4.79 Å². The summed E-state index contributed by atoms with van der Waals surface area (Å²) in [6, 6.07) is 7.86. The number of para-hydroxylation sites is 2. The number of carbonyl (C=O) groups excluding carboxylic acids is 1. The van der Waals surface area contributed by atoms with Gasteiger partial charge in [-0.1, -0.05) is 19.1 Å². The van der Waals surface area contributed by atoms with Gasteiger partial charge in [0, 0.05) is 13.1 Å². The van der Waals surface area contributed by atoms with Crippen LogP contribution in [-0.2, 0) is 11.3 Å². The van der Waals surface area contributed by atoms with Gasteiger partial charge in [-0.25, -0.2) is 4.98 Å². The number of amides is 1. The second kappa shape index (κ2) is 6.33. The minimum atomic E-state index is 0.0177. The van der Waals surface area contributed by atoms with Crippen LogP contribution in [0.4, 0.5) is 0 Å². The molecule has 102 valence electrons. The van der Waals surface area contributed by atoms with Gasteiger partial charge in [-0.2, -0.15) is 0 Å². The zero-order valence-corrected chi connectivity index (χ0v) is 11.4. The van der Waals surface area contributed by atoms with Crippen molar-refractivity contribution >= 4 is 16.9 Å². The van der Waals surface area contributed by atoms with Crippen LogP contribution in [0.25, 0.3) is 11.0 Å². The van der Waals surface area contributed by atoms with Crippen molar-refractivity contribution in [2.45, 2.75) is 20.4 Å². The molecule has 1 aromatic carbocycles. The molecule has 1 amide bonds. The predicted octanol–water partition coefficient (Wildman–Crippen LogP) is 1.07.